The number of likely N-dealkylation sites (tertiary alicyclic amines) is 1. The van der Waals surface area contributed by atoms with Crippen molar-refractivity contribution >= 4 is 5.82 Å². The van der Waals surface area contributed by atoms with E-state index in [9.17, 15) is 0 Å². The van der Waals surface area contributed by atoms with Gasteiger partial charge in [0.05, 0.1) is 0 Å². The zero-order valence-electron chi connectivity index (χ0n) is 8.48. The lowest BCUT2D eigenvalue weighted by molar-refractivity contribution is 0.322. The Bertz CT molecular complexity index is 275. The summed E-state index contributed by atoms with van der Waals surface area (Å²) in [5.41, 5.74) is 0. The van der Waals surface area contributed by atoms with E-state index >= 15 is 0 Å². The van der Waals surface area contributed by atoms with Gasteiger partial charge in [-0.25, -0.2) is 0 Å². The maximum absolute atomic E-state index is 3.99. The van der Waals surface area contributed by atoms with Crippen molar-refractivity contribution < 1.29 is 0 Å². The first-order chi connectivity index (χ1) is 6.86. The molecule has 1 aliphatic rings. The van der Waals surface area contributed by atoms with E-state index in [1.165, 1.54) is 19.4 Å². The van der Waals surface area contributed by atoms with Gasteiger partial charge in [0, 0.05) is 18.8 Å². The Morgan fingerprint density at radius 2 is 2.57 bits per heavy atom. The van der Waals surface area contributed by atoms with Gasteiger partial charge in [-0.3, -0.25) is 0 Å². The van der Waals surface area contributed by atoms with Gasteiger partial charge in [-0.05, 0) is 38.6 Å². The first-order valence-corrected chi connectivity index (χ1v) is 5.08. The van der Waals surface area contributed by atoms with E-state index in [1.807, 2.05) is 12.1 Å². The molecule has 4 nitrogen and oxygen atoms in total. The molecule has 76 valence electrons. The van der Waals surface area contributed by atoms with Crippen LogP contribution >= 0.6 is 0 Å². The van der Waals surface area contributed by atoms with Crippen LogP contribution in [0.4, 0.5) is 5.82 Å². The highest BCUT2D eigenvalue weighted by Gasteiger charge is 2.20. The molecule has 1 saturated heterocycles. The second kappa shape index (κ2) is 4.37. The van der Waals surface area contributed by atoms with Crippen LogP contribution in [0.3, 0.4) is 0 Å². The van der Waals surface area contributed by atoms with Crippen LogP contribution < -0.4 is 5.32 Å². The molecule has 0 saturated carbocycles. The topological polar surface area (TPSA) is 41.0 Å². The largest absolute Gasteiger partial charge is 0.367 e. The Labute approximate surface area is 84.3 Å². The molecule has 4 heteroatoms. The lowest BCUT2D eigenvalue weighted by Gasteiger charge is -2.19. The zero-order valence-corrected chi connectivity index (χ0v) is 8.48. The number of hydrogen-bond donors (Lipinski definition) is 1. The number of anilines is 1. The van der Waals surface area contributed by atoms with E-state index < -0.39 is 0 Å². The van der Waals surface area contributed by atoms with E-state index in [-0.39, 0.29) is 0 Å². The second-order valence-corrected chi connectivity index (χ2v) is 3.77. The third-order valence-electron chi connectivity index (χ3n) is 2.76. The van der Waals surface area contributed by atoms with Crippen LogP contribution in [0.5, 0.6) is 0 Å². The minimum Gasteiger partial charge on any atom is -0.367 e. The highest BCUT2D eigenvalue weighted by Crippen LogP contribution is 2.14. The summed E-state index contributed by atoms with van der Waals surface area (Å²) < 4.78 is 0. The van der Waals surface area contributed by atoms with E-state index in [2.05, 4.69) is 27.5 Å². The summed E-state index contributed by atoms with van der Waals surface area (Å²) in [4.78, 5) is 2.39. The Morgan fingerprint density at radius 1 is 1.64 bits per heavy atom. The summed E-state index contributed by atoms with van der Waals surface area (Å²) in [5, 5.41) is 11.1. The van der Waals surface area contributed by atoms with Gasteiger partial charge in [-0.1, -0.05) is 0 Å². The van der Waals surface area contributed by atoms with Crippen LogP contribution in [-0.4, -0.2) is 41.3 Å². The lowest BCUT2D eigenvalue weighted by Crippen LogP contribution is -2.31. The van der Waals surface area contributed by atoms with Crippen molar-refractivity contribution in [2.75, 3.05) is 25.5 Å². The summed E-state index contributed by atoms with van der Waals surface area (Å²) >= 11 is 0. The van der Waals surface area contributed by atoms with Gasteiger partial charge in [0.15, 0.2) is 0 Å². The first-order valence-electron chi connectivity index (χ1n) is 5.08. The summed E-state index contributed by atoms with van der Waals surface area (Å²) in [6.07, 6.45) is 4.28. The van der Waals surface area contributed by atoms with Gasteiger partial charge in [-0.2, -0.15) is 5.10 Å². The molecule has 2 heterocycles. The maximum atomic E-state index is 3.99. The van der Waals surface area contributed by atoms with Gasteiger partial charge in [0.2, 0.25) is 0 Å². The summed E-state index contributed by atoms with van der Waals surface area (Å²) in [7, 11) is 2.18. The molecule has 0 bridgehead atoms. The molecule has 0 aliphatic carbocycles. The van der Waals surface area contributed by atoms with Crippen molar-refractivity contribution in [3.8, 4) is 0 Å². The minimum absolute atomic E-state index is 0.650. The first kappa shape index (κ1) is 9.40. The third kappa shape index (κ3) is 2.20. The number of aromatic nitrogens is 2. The second-order valence-electron chi connectivity index (χ2n) is 3.77. The fourth-order valence-corrected chi connectivity index (χ4v) is 1.86. The SMILES string of the molecule is CN1CCCC1CNc1cccnn1. The fourth-order valence-electron chi connectivity index (χ4n) is 1.86. The van der Waals surface area contributed by atoms with Crippen LogP contribution in [0, 0.1) is 0 Å². The van der Waals surface area contributed by atoms with Gasteiger partial charge < -0.3 is 10.2 Å². The molecule has 1 aliphatic heterocycles. The van der Waals surface area contributed by atoms with Crippen molar-refractivity contribution in [2.24, 2.45) is 0 Å². The Morgan fingerprint density at radius 3 is 3.21 bits per heavy atom. The average Bonchev–Trinajstić information content (AvgIpc) is 2.63. The highest BCUT2D eigenvalue weighted by atomic mass is 15.2. The molecule has 1 unspecified atom stereocenters. The molecule has 0 radical (unpaired) electrons. The normalized spacial score (nSPS) is 22.5. The number of nitrogens with zero attached hydrogens (tertiary/aromatic N) is 3. The molecule has 1 N–H and O–H groups in total. The van der Waals surface area contributed by atoms with Crippen molar-refractivity contribution in [1.82, 2.24) is 15.1 Å². The number of hydrogen-bond acceptors (Lipinski definition) is 4. The summed E-state index contributed by atoms with van der Waals surface area (Å²) in [6.45, 7) is 2.18. The Hall–Kier alpha value is -1.16. The van der Waals surface area contributed by atoms with Crippen LogP contribution in [0.1, 0.15) is 12.8 Å². The van der Waals surface area contributed by atoms with Crippen LogP contribution in [-0.2, 0) is 0 Å². The predicted molar refractivity (Wildman–Crippen MR) is 56.2 cm³/mol. The molecule has 0 aromatic carbocycles. The van der Waals surface area contributed by atoms with Crippen molar-refractivity contribution in [2.45, 2.75) is 18.9 Å². The molecule has 1 aromatic rings. The van der Waals surface area contributed by atoms with E-state index in [0.29, 0.717) is 6.04 Å². The van der Waals surface area contributed by atoms with Crippen molar-refractivity contribution in [1.29, 1.82) is 0 Å². The van der Waals surface area contributed by atoms with Gasteiger partial charge in [-0.15, -0.1) is 5.10 Å². The average molecular weight is 192 g/mol. The van der Waals surface area contributed by atoms with E-state index in [0.717, 1.165) is 12.4 Å². The van der Waals surface area contributed by atoms with Crippen molar-refractivity contribution in [3.05, 3.63) is 18.3 Å². The van der Waals surface area contributed by atoms with Gasteiger partial charge in [0.25, 0.3) is 0 Å². The maximum Gasteiger partial charge on any atom is 0.148 e. The monoisotopic (exact) mass is 192 g/mol. The molecular weight excluding hydrogens is 176 g/mol. The predicted octanol–water partition coefficient (Wildman–Crippen LogP) is 0.983. The van der Waals surface area contributed by atoms with Crippen LogP contribution in [0.2, 0.25) is 0 Å². The molecule has 1 atom stereocenters. The van der Waals surface area contributed by atoms with E-state index in [1.54, 1.807) is 6.20 Å². The highest BCUT2D eigenvalue weighted by molar-refractivity contribution is 5.31. The summed E-state index contributed by atoms with van der Waals surface area (Å²) in [5.74, 6) is 0.868. The third-order valence-corrected chi connectivity index (χ3v) is 2.76. The quantitative estimate of drug-likeness (QED) is 0.775. The molecule has 1 aromatic heterocycles. The van der Waals surface area contributed by atoms with E-state index in [4.69, 9.17) is 0 Å². The molecule has 1 fully saturated rings. The van der Waals surface area contributed by atoms with Crippen LogP contribution in [0.25, 0.3) is 0 Å². The fraction of sp³-hybridized carbons (Fsp3) is 0.600. The lowest BCUT2D eigenvalue weighted by atomic mass is 10.2. The molecule has 0 amide bonds. The molecule has 2 rings (SSSR count). The molecule has 14 heavy (non-hydrogen) atoms. The number of rotatable bonds is 3. The summed E-state index contributed by atoms with van der Waals surface area (Å²) in [6, 6.07) is 4.49. The van der Waals surface area contributed by atoms with Gasteiger partial charge >= 0.3 is 0 Å². The molecule has 0 spiro atoms. The number of likely N-dealkylation sites (N-methyl/N-ethyl adjacent to an activating group) is 1. The standard InChI is InChI=1S/C10H16N4/c1-14-7-3-4-9(14)8-11-10-5-2-6-12-13-10/h2,5-6,9H,3-4,7-8H2,1H3,(H,11,13). The number of nitrogens with one attached hydrogen (secondary N) is 1. The smallest absolute Gasteiger partial charge is 0.148 e. The van der Waals surface area contributed by atoms with Crippen LogP contribution in [0.15, 0.2) is 18.3 Å². The molecular formula is C10H16N4. The zero-order chi connectivity index (χ0) is 9.80. The Balaban J connectivity index is 1.82. The van der Waals surface area contributed by atoms with Gasteiger partial charge in [0.1, 0.15) is 5.82 Å². The minimum atomic E-state index is 0.650. The van der Waals surface area contributed by atoms with Crippen molar-refractivity contribution in [3.63, 3.8) is 0 Å². The Kier molecular flexibility index (Phi) is 2.93.